The first-order chi connectivity index (χ1) is 12.5. The Morgan fingerprint density at radius 3 is 2.96 bits per heavy atom. The molecule has 1 heterocycles. The number of aromatic nitrogens is 2. The molecule has 2 aromatic carbocycles. The van der Waals surface area contributed by atoms with E-state index in [1.165, 1.54) is 36.2 Å². The third kappa shape index (κ3) is 4.38. The van der Waals surface area contributed by atoms with Gasteiger partial charge in [0.1, 0.15) is 0 Å². The number of amides is 1. The number of carbonyl (C=O) groups is 1. The first-order valence-corrected chi connectivity index (χ1v) is 8.72. The van der Waals surface area contributed by atoms with E-state index in [2.05, 4.69) is 20.5 Å². The molecule has 3 rings (SSSR count). The number of H-pyrrole nitrogens is 1. The van der Waals surface area contributed by atoms with Crippen molar-refractivity contribution < 1.29 is 9.72 Å². The van der Waals surface area contributed by atoms with Crippen LogP contribution in [-0.4, -0.2) is 32.8 Å². The molecule has 0 radical (unpaired) electrons. The van der Waals surface area contributed by atoms with Crippen LogP contribution < -0.4 is 5.43 Å². The van der Waals surface area contributed by atoms with Crippen LogP contribution in [0.25, 0.3) is 11.0 Å². The molecule has 1 aromatic heterocycles. The van der Waals surface area contributed by atoms with Gasteiger partial charge in [-0.2, -0.15) is 5.10 Å². The van der Waals surface area contributed by atoms with E-state index in [1.54, 1.807) is 0 Å². The van der Waals surface area contributed by atoms with Crippen LogP contribution in [0.15, 0.2) is 52.7 Å². The SMILES string of the molecule is O=C(CSc1nc2ccccc2[nH]1)N/N=C/c1cc([N+](=O)[O-])ccc1Cl. The molecule has 26 heavy (non-hydrogen) atoms. The van der Waals surface area contributed by atoms with Crippen molar-refractivity contribution in [1.29, 1.82) is 0 Å². The largest absolute Gasteiger partial charge is 0.333 e. The number of aromatic amines is 1. The number of hydrazone groups is 1. The minimum atomic E-state index is -0.532. The molecule has 132 valence electrons. The monoisotopic (exact) mass is 389 g/mol. The highest BCUT2D eigenvalue weighted by Crippen LogP contribution is 2.21. The maximum Gasteiger partial charge on any atom is 0.270 e. The number of hydrogen-bond acceptors (Lipinski definition) is 6. The number of nitrogens with one attached hydrogen (secondary N) is 2. The lowest BCUT2D eigenvalue weighted by molar-refractivity contribution is -0.384. The summed E-state index contributed by atoms with van der Waals surface area (Å²) >= 11 is 7.20. The summed E-state index contributed by atoms with van der Waals surface area (Å²) in [4.78, 5) is 29.6. The molecule has 0 aliphatic rings. The predicted molar refractivity (Wildman–Crippen MR) is 101 cm³/mol. The fourth-order valence-corrected chi connectivity index (χ4v) is 2.93. The minimum Gasteiger partial charge on any atom is -0.333 e. The van der Waals surface area contributed by atoms with Crippen molar-refractivity contribution in [3.63, 3.8) is 0 Å². The van der Waals surface area contributed by atoms with Crippen molar-refractivity contribution in [2.75, 3.05) is 5.75 Å². The summed E-state index contributed by atoms with van der Waals surface area (Å²) in [6, 6.07) is 11.5. The normalized spacial score (nSPS) is 11.1. The molecule has 0 fully saturated rings. The molecular weight excluding hydrogens is 378 g/mol. The summed E-state index contributed by atoms with van der Waals surface area (Å²) < 4.78 is 0. The van der Waals surface area contributed by atoms with Crippen LogP contribution in [0.4, 0.5) is 5.69 Å². The average molecular weight is 390 g/mol. The summed E-state index contributed by atoms with van der Waals surface area (Å²) in [6.07, 6.45) is 1.26. The lowest BCUT2D eigenvalue weighted by Crippen LogP contribution is -2.19. The van der Waals surface area contributed by atoms with Gasteiger partial charge in [-0.05, 0) is 18.2 Å². The first kappa shape index (κ1) is 17.9. The summed E-state index contributed by atoms with van der Waals surface area (Å²) in [5.41, 5.74) is 4.31. The fraction of sp³-hybridized carbons (Fsp3) is 0.0625. The molecule has 0 atom stereocenters. The number of thioether (sulfide) groups is 1. The number of para-hydroxylation sites is 2. The zero-order valence-corrected chi connectivity index (χ0v) is 14.8. The van der Waals surface area contributed by atoms with Crippen LogP contribution >= 0.6 is 23.4 Å². The molecule has 0 aliphatic carbocycles. The van der Waals surface area contributed by atoms with E-state index in [0.717, 1.165) is 11.0 Å². The van der Waals surface area contributed by atoms with Gasteiger partial charge in [0.05, 0.1) is 27.9 Å². The zero-order chi connectivity index (χ0) is 18.5. The van der Waals surface area contributed by atoms with Crippen LogP contribution in [0, 0.1) is 10.1 Å². The molecule has 1 amide bonds. The lowest BCUT2D eigenvalue weighted by atomic mass is 10.2. The van der Waals surface area contributed by atoms with Crippen molar-refractivity contribution in [2.45, 2.75) is 5.16 Å². The van der Waals surface area contributed by atoms with Gasteiger partial charge in [-0.3, -0.25) is 14.9 Å². The highest BCUT2D eigenvalue weighted by atomic mass is 35.5. The van der Waals surface area contributed by atoms with E-state index < -0.39 is 4.92 Å². The fourth-order valence-electron chi connectivity index (χ4n) is 2.08. The second-order valence-corrected chi connectivity index (χ2v) is 6.48. The van der Waals surface area contributed by atoms with Crippen molar-refractivity contribution in [1.82, 2.24) is 15.4 Å². The average Bonchev–Trinajstić information content (AvgIpc) is 3.04. The molecule has 3 aromatic rings. The number of carbonyl (C=O) groups excluding carboxylic acids is 1. The van der Waals surface area contributed by atoms with Gasteiger partial charge in [0, 0.05) is 22.7 Å². The van der Waals surface area contributed by atoms with Crippen molar-refractivity contribution in [2.24, 2.45) is 5.10 Å². The Kier molecular flexibility index (Phi) is 5.49. The van der Waals surface area contributed by atoms with Crippen LogP contribution in [-0.2, 0) is 4.79 Å². The van der Waals surface area contributed by atoms with Crippen molar-refractivity contribution >= 4 is 52.2 Å². The number of halogens is 1. The van der Waals surface area contributed by atoms with Gasteiger partial charge in [0.25, 0.3) is 11.6 Å². The standard InChI is InChI=1S/C16H12ClN5O3S/c17-12-6-5-11(22(24)25)7-10(12)8-18-21-15(23)9-26-16-19-13-3-1-2-4-14(13)20-16/h1-8H,9H2,(H,19,20)(H,21,23)/b18-8+. The van der Waals surface area contributed by atoms with Gasteiger partial charge in [-0.15, -0.1) is 0 Å². The quantitative estimate of drug-likeness (QED) is 0.290. The summed E-state index contributed by atoms with van der Waals surface area (Å²) in [7, 11) is 0. The lowest BCUT2D eigenvalue weighted by Gasteiger charge is -2.00. The summed E-state index contributed by atoms with van der Waals surface area (Å²) in [5.74, 6) is -0.229. The number of nitro groups is 1. The Hall–Kier alpha value is -2.91. The second-order valence-electron chi connectivity index (χ2n) is 5.10. The Balaban J connectivity index is 1.56. The van der Waals surface area contributed by atoms with Crippen LogP contribution in [0.2, 0.25) is 5.02 Å². The third-order valence-corrected chi connectivity index (χ3v) is 4.51. The van der Waals surface area contributed by atoms with Gasteiger partial charge in [0.2, 0.25) is 0 Å². The van der Waals surface area contributed by atoms with E-state index in [-0.39, 0.29) is 17.3 Å². The predicted octanol–water partition coefficient (Wildman–Crippen LogP) is 3.37. The molecular formula is C16H12ClN5O3S. The molecule has 8 nitrogen and oxygen atoms in total. The number of rotatable bonds is 6. The smallest absolute Gasteiger partial charge is 0.270 e. The van der Waals surface area contributed by atoms with Gasteiger partial charge < -0.3 is 4.98 Å². The van der Waals surface area contributed by atoms with E-state index >= 15 is 0 Å². The molecule has 0 bridgehead atoms. The summed E-state index contributed by atoms with van der Waals surface area (Å²) in [5, 5.41) is 15.5. The number of imidazole rings is 1. The third-order valence-electron chi connectivity index (χ3n) is 3.29. The Morgan fingerprint density at radius 1 is 1.38 bits per heavy atom. The topological polar surface area (TPSA) is 113 Å². The number of benzene rings is 2. The van der Waals surface area contributed by atoms with Gasteiger partial charge in [-0.25, -0.2) is 10.4 Å². The minimum absolute atomic E-state index is 0.109. The van der Waals surface area contributed by atoms with E-state index in [1.807, 2.05) is 24.3 Å². The highest BCUT2D eigenvalue weighted by Gasteiger charge is 2.09. The first-order valence-electron chi connectivity index (χ1n) is 7.36. The van der Waals surface area contributed by atoms with E-state index in [4.69, 9.17) is 11.6 Å². The number of nitro benzene ring substituents is 1. The van der Waals surface area contributed by atoms with Crippen molar-refractivity contribution in [3.05, 3.63) is 63.2 Å². The van der Waals surface area contributed by atoms with Crippen LogP contribution in [0.3, 0.4) is 0 Å². The maximum absolute atomic E-state index is 11.9. The van der Waals surface area contributed by atoms with Gasteiger partial charge in [0.15, 0.2) is 5.16 Å². The van der Waals surface area contributed by atoms with Crippen LogP contribution in [0.1, 0.15) is 5.56 Å². The Labute approximate surface area is 156 Å². The number of fused-ring (bicyclic) bond motifs is 1. The maximum atomic E-state index is 11.9. The molecule has 0 spiro atoms. The van der Waals surface area contributed by atoms with Gasteiger partial charge in [-0.1, -0.05) is 35.5 Å². The molecule has 0 saturated heterocycles. The molecule has 2 N–H and O–H groups in total. The Bertz CT molecular complexity index is 971. The highest BCUT2D eigenvalue weighted by molar-refractivity contribution is 7.99. The van der Waals surface area contributed by atoms with Crippen LogP contribution in [0.5, 0.6) is 0 Å². The van der Waals surface area contributed by atoms with E-state index in [9.17, 15) is 14.9 Å². The molecule has 0 saturated carbocycles. The Morgan fingerprint density at radius 2 is 2.19 bits per heavy atom. The molecule has 0 aliphatic heterocycles. The molecule has 0 unspecified atom stereocenters. The molecule has 10 heteroatoms. The number of nitrogens with zero attached hydrogens (tertiary/aromatic N) is 3. The summed E-state index contributed by atoms with van der Waals surface area (Å²) in [6.45, 7) is 0. The zero-order valence-electron chi connectivity index (χ0n) is 13.2. The number of hydrogen-bond donors (Lipinski definition) is 2. The van der Waals surface area contributed by atoms with Gasteiger partial charge >= 0.3 is 0 Å². The van der Waals surface area contributed by atoms with E-state index in [0.29, 0.717) is 15.7 Å². The number of non-ortho nitro benzene ring substituents is 1. The van der Waals surface area contributed by atoms with Crippen molar-refractivity contribution in [3.8, 4) is 0 Å². The second kappa shape index (κ2) is 7.98.